The number of amides is 1. The number of hydrogen-bond acceptors (Lipinski definition) is 4. The number of benzene rings is 1. The highest BCUT2D eigenvalue weighted by molar-refractivity contribution is 8.00. The number of thioether (sulfide) groups is 1. The van der Waals surface area contributed by atoms with Crippen LogP contribution in [0.5, 0.6) is 0 Å². The third kappa shape index (κ3) is 3.85. The van der Waals surface area contributed by atoms with Crippen LogP contribution >= 0.6 is 11.8 Å². The zero-order valence-corrected chi connectivity index (χ0v) is 13.5. The lowest BCUT2D eigenvalue weighted by molar-refractivity contribution is -0.117. The Morgan fingerprint density at radius 1 is 1.24 bits per heavy atom. The van der Waals surface area contributed by atoms with Gasteiger partial charge in [0, 0.05) is 18.7 Å². The van der Waals surface area contributed by atoms with Crippen molar-refractivity contribution in [2.75, 3.05) is 11.9 Å². The van der Waals surface area contributed by atoms with Crippen LogP contribution in [0.4, 0.5) is 5.69 Å². The molecule has 0 aliphatic rings. The molecule has 21 heavy (non-hydrogen) atoms. The van der Waals surface area contributed by atoms with Crippen LogP contribution in [0, 0.1) is 0 Å². The SMILES string of the molecule is CC(C)c1nc(S[C@H](C)C(=O)N(C)c2ccccc2)n[nH]1. The van der Waals surface area contributed by atoms with Crippen LogP contribution in [0.15, 0.2) is 35.5 Å². The zero-order chi connectivity index (χ0) is 15.4. The van der Waals surface area contributed by atoms with Crippen LogP contribution in [0.1, 0.15) is 32.5 Å². The van der Waals surface area contributed by atoms with E-state index in [0.717, 1.165) is 11.5 Å². The molecule has 1 N–H and O–H groups in total. The first-order valence-corrected chi connectivity index (χ1v) is 7.78. The molecule has 0 saturated heterocycles. The van der Waals surface area contributed by atoms with E-state index in [9.17, 15) is 4.79 Å². The van der Waals surface area contributed by atoms with E-state index in [4.69, 9.17) is 0 Å². The molecule has 0 bridgehead atoms. The highest BCUT2D eigenvalue weighted by atomic mass is 32.2. The highest BCUT2D eigenvalue weighted by Gasteiger charge is 2.21. The van der Waals surface area contributed by atoms with Gasteiger partial charge in [0.2, 0.25) is 11.1 Å². The lowest BCUT2D eigenvalue weighted by Crippen LogP contribution is -2.33. The Morgan fingerprint density at radius 2 is 1.90 bits per heavy atom. The minimum Gasteiger partial charge on any atom is -0.315 e. The molecule has 0 unspecified atom stereocenters. The molecular weight excluding hydrogens is 284 g/mol. The van der Waals surface area contributed by atoms with Gasteiger partial charge >= 0.3 is 0 Å². The third-order valence-electron chi connectivity index (χ3n) is 3.13. The summed E-state index contributed by atoms with van der Waals surface area (Å²) in [5, 5.41) is 7.42. The summed E-state index contributed by atoms with van der Waals surface area (Å²) in [6.45, 7) is 5.97. The Hall–Kier alpha value is -1.82. The number of aromatic nitrogens is 3. The first kappa shape index (κ1) is 15.6. The van der Waals surface area contributed by atoms with Gasteiger partial charge in [0.25, 0.3) is 0 Å². The van der Waals surface area contributed by atoms with Crippen LogP contribution in [0.25, 0.3) is 0 Å². The van der Waals surface area contributed by atoms with Gasteiger partial charge in [-0.3, -0.25) is 9.89 Å². The van der Waals surface area contributed by atoms with Crippen molar-refractivity contribution in [2.45, 2.75) is 37.1 Å². The number of aromatic amines is 1. The molecule has 1 aromatic carbocycles. The van der Waals surface area contributed by atoms with E-state index in [1.807, 2.05) is 51.1 Å². The number of hydrogen-bond donors (Lipinski definition) is 1. The number of anilines is 1. The van der Waals surface area contributed by atoms with Crippen LogP contribution in [0.3, 0.4) is 0 Å². The quantitative estimate of drug-likeness (QED) is 0.862. The van der Waals surface area contributed by atoms with E-state index in [1.165, 1.54) is 11.8 Å². The largest absolute Gasteiger partial charge is 0.315 e. The van der Waals surface area contributed by atoms with Crippen LogP contribution in [-0.4, -0.2) is 33.4 Å². The van der Waals surface area contributed by atoms with Gasteiger partial charge < -0.3 is 4.90 Å². The van der Waals surface area contributed by atoms with Crippen molar-refractivity contribution in [3.8, 4) is 0 Å². The molecule has 6 heteroatoms. The number of H-pyrrole nitrogens is 1. The second-order valence-electron chi connectivity index (χ2n) is 5.15. The molecule has 112 valence electrons. The molecule has 1 atom stereocenters. The van der Waals surface area contributed by atoms with Crippen molar-refractivity contribution >= 4 is 23.4 Å². The number of carbonyl (C=O) groups is 1. The van der Waals surface area contributed by atoms with Crippen molar-refractivity contribution in [1.82, 2.24) is 15.2 Å². The van der Waals surface area contributed by atoms with Gasteiger partial charge in [-0.05, 0) is 19.1 Å². The standard InChI is InChI=1S/C15H20N4OS/c1-10(2)13-16-15(18-17-13)21-11(3)14(20)19(4)12-8-6-5-7-9-12/h5-11H,1-4H3,(H,16,17,18)/t11-/m1/s1. The van der Waals surface area contributed by atoms with Crippen LogP contribution in [0.2, 0.25) is 0 Å². The van der Waals surface area contributed by atoms with E-state index in [0.29, 0.717) is 11.1 Å². The summed E-state index contributed by atoms with van der Waals surface area (Å²) in [6, 6.07) is 9.60. The van der Waals surface area contributed by atoms with Gasteiger partial charge in [0.05, 0.1) is 5.25 Å². The number of rotatable bonds is 5. The lowest BCUT2D eigenvalue weighted by atomic mass is 10.2. The number of carbonyl (C=O) groups excluding carboxylic acids is 1. The van der Waals surface area contributed by atoms with Gasteiger partial charge in [0.15, 0.2) is 0 Å². The summed E-state index contributed by atoms with van der Waals surface area (Å²) in [6.07, 6.45) is 0. The Bertz CT molecular complexity index is 597. The number of nitrogens with zero attached hydrogens (tertiary/aromatic N) is 3. The monoisotopic (exact) mass is 304 g/mol. The highest BCUT2D eigenvalue weighted by Crippen LogP contribution is 2.23. The minimum atomic E-state index is -0.244. The molecule has 0 saturated carbocycles. The molecule has 0 fully saturated rings. The van der Waals surface area contributed by atoms with Crippen molar-refractivity contribution < 1.29 is 4.79 Å². The van der Waals surface area contributed by atoms with E-state index in [2.05, 4.69) is 15.2 Å². The molecule has 2 rings (SSSR count). The average Bonchev–Trinajstić information content (AvgIpc) is 2.95. The summed E-state index contributed by atoms with van der Waals surface area (Å²) in [5.74, 6) is 1.17. The molecular formula is C15H20N4OS. The van der Waals surface area contributed by atoms with Crippen molar-refractivity contribution in [1.29, 1.82) is 0 Å². The van der Waals surface area contributed by atoms with Gasteiger partial charge in [-0.15, -0.1) is 5.10 Å². The molecule has 1 amide bonds. The Kier molecular flexibility index (Phi) is 5.01. The van der Waals surface area contributed by atoms with Gasteiger partial charge in [0.1, 0.15) is 5.82 Å². The Labute approximate surface area is 129 Å². The predicted molar refractivity (Wildman–Crippen MR) is 85.6 cm³/mol. The summed E-state index contributed by atoms with van der Waals surface area (Å²) in [5.41, 5.74) is 0.882. The summed E-state index contributed by atoms with van der Waals surface area (Å²) in [7, 11) is 1.78. The number of para-hydroxylation sites is 1. The van der Waals surface area contributed by atoms with Gasteiger partial charge in [-0.25, -0.2) is 4.98 Å². The van der Waals surface area contributed by atoms with E-state index in [-0.39, 0.29) is 11.2 Å². The molecule has 1 heterocycles. The minimum absolute atomic E-state index is 0.0297. The Morgan fingerprint density at radius 3 is 2.48 bits per heavy atom. The molecule has 0 aliphatic heterocycles. The van der Waals surface area contributed by atoms with E-state index in [1.54, 1.807) is 11.9 Å². The van der Waals surface area contributed by atoms with E-state index >= 15 is 0 Å². The lowest BCUT2D eigenvalue weighted by Gasteiger charge is -2.20. The summed E-state index contributed by atoms with van der Waals surface area (Å²) in [4.78, 5) is 18.5. The number of nitrogens with one attached hydrogen (secondary N) is 1. The smallest absolute Gasteiger partial charge is 0.240 e. The van der Waals surface area contributed by atoms with Crippen molar-refractivity contribution in [3.05, 3.63) is 36.2 Å². The fourth-order valence-electron chi connectivity index (χ4n) is 1.83. The second-order valence-corrected chi connectivity index (χ2v) is 6.46. The van der Waals surface area contributed by atoms with Crippen LogP contribution < -0.4 is 4.90 Å². The fourth-order valence-corrected chi connectivity index (χ4v) is 2.65. The Balaban J connectivity index is 2.02. The van der Waals surface area contributed by atoms with Crippen molar-refractivity contribution in [2.24, 2.45) is 0 Å². The van der Waals surface area contributed by atoms with Gasteiger partial charge in [-0.2, -0.15) is 0 Å². The zero-order valence-electron chi connectivity index (χ0n) is 12.7. The third-order valence-corrected chi connectivity index (χ3v) is 4.08. The maximum absolute atomic E-state index is 12.4. The van der Waals surface area contributed by atoms with Gasteiger partial charge in [-0.1, -0.05) is 43.8 Å². The topological polar surface area (TPSA) is 61.9 Å². The molecule has 0 radical (unpaired) electrons. The maximum atomic E-state index is 12.4. The fraction of sp³-hybridized carbons (Fsp3) is 0.400. The predicted octanol–water partition coefficient (Wildman–Crippen LogP) is 3.07. The molecule has 2 aromatic rings. The molecule has 0 spiro atoms. The first-order valence-electron chi connectivity index (χ1n) is 6.90. The molecule has 0 aliphatic carbocycles. The summed E-state index contributed by atoms with van der Waals surface area (Å²) < 4.78 is 0. The van der Waals surface area contributed by atoms with E-state index < -0.39 is 0 Å². The van der Waals surface area contributed by atoms with Crippen molar-refractivity contribution in [3.63, 3.8) is 0 Å². The molecule has 5 nitrogen and oxygen atoms in total. The molecule has 1 aromatic heterocycles. The van der Waals surface area contributed by atoms with Crippen LogP contribution in [-0.2, 0) is 4.79 Å². The maximum Gasteiger partial charge on any atom is 0.240 e. The summed E-state index contributed by atoms with van der Waals surface area (Å²) >= 11 is 1.37. The average molecular weight is 304 g/mol. The normalized spacial score (nSPS) is 12.4. The second kappa shape index (κ2) is 6.76. The first-order chi connectivity index (χ1) is 9.99.